The lowest BCUT2D eigenvalue weighted by atomic mass is 9.74. The van der Waals surface area contributed by atoms with Crippen molar-refractivity contribution in [1.82, 2.24) is 18.9 Å². The monoisotopic (exact) mass is 940 g/mol. The maximum atomic E-state index is 14.6. The zero-order valence-corrected chi connectivity index (χ0v) is 42.8. The van der Waals surface area contributed by atoms with Crippen LogP contribution in [0.25, 0.3) is 79.6 Å². The van der Waals surface area contributed by atoms with Gasteiger partial charge in [-0.15, -0.1) is 0 Å². The topological polar surface area (TPSA) is 69.3 Å². The summed E-state index contributed by atoms with van der Waals surface area (Å²) < 4.78 is 3.39. The van der Waals surface area contributed by atoms with Crippen LogP contribution in [-0.2, 0) is 6.42 Å². The van der Waals surface area contributed by atoms with E-state index in [-0.39, 0.29) is 11.5 Å². The van der Waals surface area contributed by atoms with Crippen LogP contribution in [-0.4, -0.2) is 24.8 Å². The number of pyridine rings is 1. The number of aromatic nitrogens is 4. The third kappa shape index (κ3) is 7.66. The first-order valence-electron chi connectivity index (χ1n) is 24.5. The SMILES string of the molecule is C=C\C=C1C(=C2Cc3ccc(C)c4ccc5c(/c(=C\C)c(=O)n6c7ccccc7nc56)c4c(=C)c(=C)c(C)c3C(=C\C)/C2=C/C)C(=C)/C(=C/C)CC(=C)C/1=C\C=C(/C)C(=O)n1c(C(=C)C)nc2ccccc21. The van der Waals surface area contributed by atoms with E-state index >= 15 is 0 Å². The van der Waals surface area contributed by atoms with Gasteiger partial charge in [-0.25, -0.2) is 9.97 Å². The summed E-state index contributed by atoms with van der Waals surface area (Å²) in [5, 5.41) is 5.68. The van der Waals surface area contributed by atoms with E-state index in [9.17, 15) is 9.59 Å². The van der Waals surface area contributed by atoms with Gasteiger partial charge in [-0.2, -0.15) is 0 Å². The molecule has 0 saturated heterocycles. The van der Waals surface area contributed by atoms with Crippen molar-refractivity contribution < 1.29 is 4.79 Å². The predicted molar refractivity (Wildman–Crippen MR) is 307 cm³/mol. The van der Waals surface area contributed by atoms with Crippen molar-refractivity contribution in [3.05, 3.63) is 246 Å². The lowest BCUT2D eigenvalue weighted by Crippen LogP contribution is -2.33. The Morgan fingerprint density at radius 1 is 0.694 bits per heavy atom. The third-order valence-corrected chi connectivity index (χ3v) is 14.6. The molecule has 2 aliphatic rings. The second-order valence-electron chi connectivity index (χ2n) is 18.8. The van der Waals surface area contributed by atoms with Crippen molar-refractivity contribution in [2.75, 3.05) is 0 Å². The van der Waals surface area contributed by atoms with E-state index in [0.29, 0.717) is 40.7 Å². The number of para-hydroxylation sites is 4. The number of rotatable bonds is 4. The molecule has 4 aromatic carbocycles. The van der Waals surface area contributed by atoms with Crippen LogP contribution in [0, 0.1) is 13.8 Å². The molecule has 9 rings (SSSR count). The highest BCUT2D eigenvalue weighted by atomic mass is 16.2. The Hall–Kier alpha value is -8.48. The molecule has 0 unspecified atom stereocenters. The number of hydrogen-bond donors (Lipinski definition) is 0. The molecule has 0 amide bonds. The molecule has 3 aromatic heterocycles. The number of nitrogens with zero attached hydrogens (tertiary/aromatic N) is 4. The fourth-order valence-corrected chi connectivity index (χ4v) is 10.9. The van der Waals surface area contributed by atoms with Crippen molar-refractivity contribution in [3.63, 3.8) is 0 Å². The molecule has 6 heteroatoms. The molecule has 0 radical (unpaired) electrons. The normalized spacial score (nSPS) is 18.7. The molecule has 72 heavy (non-hydrogen) atoms. The number of carbonyl (C=O) groups excluding carboxylic acids is 1. The summed E-state index contributed by atoms with van der Waals surface area (Å²) in [6.07, 6.45) is 17.3. The molecule has 1 saturated carbocycles. The van der Waals surface area contributed by atoms with Gasteiger partial charge in [0.15, 0.2) is 0 Å². The first kappa shape index (κ1) is 48.5. The number of allylic oxidation sites excluding steroid dienone is 18. The number of fused-ring (bicyclic) bond motifs is 9. The number of imidazole rings is 2. The molecule has 0 atom stereocenters. The van der Waals surface area contributed by atoms with Gasteiger partial charge in [-0.3, -0.25) is 18.6 Å². The highest BCUT2D eigenvalue weighted by Crippen LogP contribution is 2.48. The first-order chi connectivity index (χ1) is 34.6. The van der Waals surface area contributed by atoms with Crippen molar-refractivity contribution in [2.45, 2.75) is 68.2 Å². The van der Waals surface area contributed by atoms with Crippen LogP contribution in [0.5, 0.6) is 0 Å². The van der Waals surface area contributed by atoms with Gasteiger partial charge >= 0.3 is 0 Å². The van der Waals surface area contributed by atoms with Crippen LogP contribution >= 0.6 is 0 Å². The maximum Gasteiger partial charge on any atom is 0.264 e. The highest BCUT2D eigenvalue weighted by molar-refractivity contribution is 6.13. The maximum absolute atomic E-state index is 14.6. The number of carbonyl (C=O) groups is 1. The summed E-state index contributed by atoms with van der Waals surface area (Å²) in [5.74, 6) is 0.348. The van der Waals surface area contributed by atoms with Crippen LogP contribution in [0.1, 0.15) is 80.8 Å². The quantitative estimate of drug-likeness (QED) is 0.130. The molecule has 356 valence electrons. The van der Waals surface area contributed by atoms with Gasteiger partial charge in [0.25, 0.3) is 11.5 Å². The lowest BCUT2D eigenvalue weighted by molar-refractivity contribution is 0.0958. The van der Waals surface area contributed by atoms with Crippen molar-refractivity contribution in [2.24, 2.45) is 0 Å². The Labute approximate surface area is 421 Å². The van der Waals surface area contributed by atoms with Crippen molar-refractivity contribution >= 4 is 85.5 Å². The number of hydrogen-bond acceptors (Lipinski definition) is 4. The standard InChI is InChI=1S/C66H60N4O2/c1-15-24-52-50(32-30-39(9)65(71)69-57-27-22-20-25-55(57)67-63(69)37(6)7)40(10)35-45(16-2)44(14)60(52)54-36-46-31-29-38(8)51-33-34-53-62(49(19-5)66(72)70-58-28-23-21-26-56(58)68-64(53)70)61(51)43(13)41(11)42(12)59(46)48(18-4)47(54)17-3/h15-34H,1,6,10-11,13-14,35-36H2,2-5,7-9,12H3/b38-29?,39-30+,45-16+,46-31?,47-17-,48-18-,49-19+,50-32+,52-24-,59-42?,60-54?. The summed E-state index contributed by atoms with van der Waals surface area (Å²) in [5.41, 5.74) is 17.9. The summed E-state index contributed by atoms with van der Waals surface area (Å²) in [4.78, 5) is 38.7. The van der Waals surface area contributed by atoms with Gasteiger partial charge in [0.05, 0.1) is 22.1 Å². The second kappa shape index (κ2) is 19.0. The summed E-state index contributed by atoms with van der Waals surface area (Å²) in [6.45, 7) is 43.5. The van der Waals surface area contributed by atoms with Gasteiger partial charge in [0.2, 0.25) is 0 Å². The van der Waals surface area contributed by atoms with Gasteiger partial charge < -0.3 is 0 Å². The van der Waals surface area contributed by atoms with Crippen LogP contribution in [0.15, 0.2) is 197 Å². The van der Waals surface area contributed by atoms with Gasteiger partial charge in [-0.1, -0.05) is 131 Å². The molecular formula is C66H60N4O2. The van der Waals surface area contributed by atoms with Gasteiger partial charge in [-0.05, 0) is 198 Å². The average molecular weight is 941 g/mol. The van der Waals surface area contributed by atoms with Crippen LogP contribution in [0.4, 0.5) is 0 Å². The molecule has 0 bridgehead atoms. The van der Waals surface area contributed by atoms with E-state index in [1.807, 2.05) is 107 Å². The van der Waals surface area contributed by atoms with Crippen LogP contribution < -0.4 is 21.2 Å². The largest absolute Gasteiger partial charge is 0.269 e. The van der Waals surface area contributed by atoms with E-state index in [1.165, 1.54) is 0 Å². The minimum atomic E-state index is -0.185. The van der Waals surface area contributed by atoms with Gasteiger partial charge in [0.1, 0.15) is 11.5 Å². The third-order valence-electron chi connectivity index (χ3n) is 14.6. The zero-order valence-electron chi connectivity index (χ0n) is 42.8. The minimum Gasteiger partial charge on any atom is -0.269 e. The Balaban J connectivity index is 1.30. The summed E-state index contributed by atoms with van der Waals surface area (Å²) in [6, 6.07) is 24.1. The van der Waals surface area contributed by atoms with Crippen molar-refractivity contribution in [3.8, 4) is 0 Å². The van der Waals surface area contributed by atoms with Crippen molar-refractivity contribution in [1.29, 1.82) is 0 Å². The molecule has 1 fully saturated rings. The molecule has 3 heterocycles. The van der Waals surface area contributed by atoms with E-state index in [1.54, 1.807) is 8.97 Å². The first-order valence-corrected chi connectivity index (χ1v) is 24.5. The van der Waals surface area contributed by atoms with Crippen LogP contribution in [0.3, 0.4) is 0 Å². The zero-order chi connectivity index (χ0) is 51.4. The second-order valence-corrected chi connectivity index (χ2v) is 18.8. The number of aryl methyl sites for hydroxylation is 1. The van der Waals surface area contributed by atoms with E-state index in [2.05, 4.69) is 89.9 Å². The lowest BCUT2D eigenvalue weighted by Gasteiger charge is -2.30. The Morgan fingerprint density at radius 3 is 2.01 bits per heavy atom. The Morgan fingerprint density at radius 2 is 1.36 bits per heavy atom. The van der Waals surface area contributed by atoms with Crippen LogP contribution in [0.2, 0.25) is 0 Å². The predicted octanol–water partition coefficient (Wildman–Crippen LogP) is 13.6. The fourth-order valence-electron chi connectivity index (χ4n) is 10.9. The van der Waals surface area contributed by atoms with Gasteiger partial charge in [0, 0.05) is 21.6 Å². The Kier molecular flexibility index (Phi) is 12.8. The number of benzene rings is 3. The smallest absolute Gasteiger partial charge is 0.264 e. The summed E-state index contributed by atoms with van der Waals surface area (Å²) >= 11 is 0. The molecular weight excluding hydrogens is 881 g/mol. The summed E-state index contributed by atoms with van der Waals surface area (Å²) in [7, 11) is 0. The van der Waals surface area contributed by atoms with E-state index in [4.69, 9.17) is 29.7 Å². The average Bonchev–Trinajstić information content (AvgIpc) is 3.95. The molecule has 2 aliphatic carbocycles. The molecule has 0 N–H and O–H groups in total. The van der Waals surface area contributed by atoms with E-state index in [0.717, 1.165) is 126 Å². The fraction of sp³-hybridized carbons (Fsp3) is 0.152. The Bertz CT molecular complexity index is 4200. The molecule has 6 nitrogen and oxygen atoms in total. The molecule has 0 spiro atoms. The highest BCUT2D eigenvalue weighted by Gasteiger charge is 2.32. The molecule has 7 aromatic rings. The molecule has 0 aliphatic heterocycles. The minimum absolute atomic E-state index is 0.120. The van der Waals surface area contributed by atoms with E-state index < -0.39 is 0 Å².